The number of carbonyl (C=O) groups excluding carboxylic acids is 3. The third kappa shape index (κ3) is 7.86. The molecule has 0 bridgehead atoms. The third-order valence-electron chi connectivity index (χ3n) is 9.79. The Bertz CT molecular complexity index is 2230. The lowest BCUT2D eigenvalue weighted by Crippen LogP contribution is -2.64. The molecule has 0 radical (unpaired) electrons. The smallest absolute Gasteiger partial charge is 0.329 e. The van der Waals surface area contributed by atoms with Crippen LogP contribution in [-0.4, -0.2) is 111 Å². The lowest BCUT2D eigenvalue weighted by atomic mass is 9.99. The van der Waals surface area contributed by atoms with Crippen LogP contribution in [0.15, 0.2) is 69.7 Å². The van der Waals surface area contributed by atoms with Gasteiger partial charge in [0.15, 0.2) is 6.04 Å². The maximum atomic E-state index is 15.2. The topological polar surface area (TPSA) is 254 Å². The molecule has 300 valence electrons. The van der Waals surface area contributed by atoms with Gasteiger partial charge in [-0.2, -0.15) is 0 Å². The zero-order valence-corrected chi connectivity index (χ0v) is 33.1. The molecule has 2 aliphatic rings. The van der Waals surface area contributed by atoms with Crippen LogP contribution < -0.4 is 16.0 Å². The molecule has 6 atom stereocenters. The minimum Gasteiger partial charge on any atom is -0.480 e. The normalized spacial score (nSPS) is 22.0. The predicted molar refractivity (Wildman–Crippen MR) is 207 cm³/mol. The molecule has 6 N–H and O–H groups in total. The van der Waals surface area contributed by atoms with Gasteiger partial charge in [0.05, 0.1) is 5.37 Å². The summed E-state index contributed by atoms with van der Waals surface area (Å²) in [5.41, 5.74) is 1.20. The number of carboxylic acids is 3. The molecule has 0 aliphatic carbocycles. The fourth-order valence-electron chi connectivity index (χ4n) is 7.11. The minimum absolute atomic E-state index is 0.0347. The summed E-state index contributed by atoms with van der Waals surface area (Å²) in [5.74, 6) is -6.95. The van der Waals surface area contributed by atoms with Gasteiger partial charge in [0.1, 0.15) is 57.5 Å². The van der Waals surface area contributed by atoms with Crippen LogP contribution in [0.4, 0.5) is 0 Å². The van der Waals surface area contributed by atoms with Crippen molar-refractivity contribution in [3.05, 3.63) is 83.3 Å². The van der Waals surface area contributed by atoms with Gasteiger partial charge >= 0.3 is 17.9 Å². The summed E-state index contributed by atoms with van der Waals surface area (Å²) in [5, 5.41) is 44.8. The van der Waals surface area contributed by atoms with E-state index in [0.717, 1.165) is 28.4 Å². The molecule has 0 spiro atoms. The molecular formula is C38H40N6O11S2. The number of carboxylic acid groups (broad SMARTS) is 3. The van der Waals surface area contributed by atoms with Crippen molar-refractivity contribution in [2.24, 2.45) is 0 Å². The van der Waals surface area contributed by atoms with E-state index in [4.69, 9.17) is 9.05 Å². The summed E-state index contributed by atoms with van der Waals surface area (Å²) in [6, 6.07) is 10.6. The van der Waals surface area contributed by atoms with Gasteiger partial charge in [-0.05, 0) is 41.5 Å². The summed E-state index contributed by atoms with van der Waals surface area (Å²) >= 11 is 1.86. The minimum atomic E-state index is -1.92. The first-order valence-electron chi connectivity index (χ1n) is 17.6. The molecule has 6 rings (SSSR count). The number of nitrogens with zero attached hydrogens (tertiary/aromatic N) is 3. The first-order chi connectivity index (χ1) is 26.8. The predicted octanol–water partition coefficient (Wildman–Crippen LogP) is 3.62. The van der Waals surface area contributed by atoms with Crippen LogP contribution in [0.25, 0.3) is 22.5 Å². The van der Waals surface area contributed by atoms with Crippen molar-refractivity contribution in [1.29, 1.82) is 0 Å². The summed E-state index contributed by atoms with van der Waals surface area (Å²) in [6.07, 6.45) is 0. The molecule has 2 saturated heterocycles. The highest BCUT2D eigenvalue weighted by molar-refractivity contribution is 8.02. The first kappa shape index (κ1) is 41.0. The number of carbonyl (C=O) groups is 6. The molecule has 3 amide bonds. The molecule has 2 aromatic heterocycles. The fraction of sp³-hybridized carbons (Fsp3) is 0.368. The van der Waals surface area contributed by atoms with Crippen LogP contribution in [0.5, 0.6) is 0 Å². The Balaban J connectivity index is 1.42. The van der Waals surface area contributed by atoms with Crippen molar-refractivity contribution in [1.82, 2.24) is 31.2 Å². The van der Waals surface area contributed by atoms with E-state index in [0.29, 0.717) is 11.1 Å². The number of hydrogen-bond donors (Lipinski definition) is 6. The number of nitrogens with one attached hydrogen (secondary N) is 3. The van der Waals surface area contributed by atoms with Crippen LogP contribution >= 0.6 is 23.5 Å². The average molecular weight is 821 g/mol. The van der Waals surface area contributed by atoms with Gasteiger partial charge in [0, 0.05) is 20.6 Å². The summed E-state index contributed by atoms with van der Waals surface area (Å²) in [7, 11) is 0. The number of amides is 3. The van der Waals surface area contributed by atoms with Crippen molar-refractivity contribution in [3.63, 3.8) is 0 Å². The SMILES string of the molecule is Cc1onc(-c2ccccc2)c1C(=O)NC(C(=O)N1C(C(NC(=O)c2c(-c3ccccc3)noc2C)C(=O)O)SC(C)(C)[C@@H]1C(=O)O)C1N[C@@H](C(=O)O)C(C)(C)S1. The largest absolute Gasteiger partial charge is 0.480 e. The van der Waals surface area contributed by atoms with E-state index in [9.17, 15) is 39.3 Å². The van der Waals surface area contributed by atoms with Gasteiger partial charge in [0.25, 0.3) is 11.8 Å². The van der Waals surface area contributed by atoms with Crippen molar-refractivity contribution in [2.75, 3.05) is 0 Å². The highest BCUT2D eigenvalue weighted by atomic mass is 32.2. The van der Waals surface area contributed by atoms with Crippen molar-refractivity contribution in [3.8, 4) is 22.5 Å². The molecular weight excluding hydrogens is 781 g/mol. The van der Waals surface area contributed by atoms with Crippen LogP contribution in [0.2, 0.25) is 0 Å². The van der Waals surface area contributed by atoms with Crippen LogP contribution in [0, 0.1) is 13.8 Å². The van der Waals surface area contributed by atoms with Gasteiger partial charge < -0.3 is 39.9 Å². The molecule has 17 nitrogen and oxygen atoms in total. The van der Waals surface area contributed by atoms with Crippen LogP contribution in [0.1, 0.15) is 59.9 Å². The summed E-state index contributed by atoms with van der Waals surface area (Å²) in [6.45, 7) is 9.26. The van der Waals surface area contributed by atoms with Crippen molar-refractivity contribution in [2.45, 2.75) is 86.0 Å². The molecule has 19 heteroatoms. The Morgan fingerprint density at radius 1 is 0.719 bits per heavy atom. The number of aryl methyl sites for hydroxylation is 2. The highest BCUT2D eigenvalue weighted by Crippen LogP contribution is 2.47. The zero-order valence-electron chi connectivity index (χ0n) is 31.5. The van der Waals surface area contributed by atoms with E-state index in [1.54, 1.807) is 74.5 Å². The summed E-state index contributed by atoms with van der Waals surface area (Å²) in [4.78, 5) is 82.9. The Hall–Kier alpha value is -5.66. The second-order valence-corrected chi connectivity index (χ2v) is 18.1. The molecule has 4 unspecified atom stereocenters. The van der Waals surface area contributed by atoms with E-state index in [-0.39, 0.29) is 34.0 Å². The van der Waals surface area contributed by atoms with Gasteiger partial charge in [-0.25, -0.2) is 9.59 Å². The number of hydrogen-bond acceptors (Lipinski definition) is 13. The number of benzene rings is 2. The Labute approximate surface area is 334 Å². The Morgan fingerprint density at radius 3 is 1.61 bits per heavy atom. The standard InChI is InChI=1S/C38H40N6O11S2/c1-17-21(23(42-54-17)19-13-9-7-10-14-19)29(45)39-25(31-41-27(35(50)51)37(3,4)56-31)32(47)44-28(36(52)53)38(5,6)57-33(44)26(34(48)49)40-30(46)22-18(2)55-43-24(22)20-15-11-8-12-16-20/h7-16,25-28,31,33,41H,1-6H3,(H,39,45)(H,40,46)(H,48,49)(H,50,51)(H,52,53)/t25?,26?,27-,28-,31?,33?/m0/s1. The second kappa shape index (κ2) is 15.7. The Morgan fingerprint density at radius 2 is 1.19 bits per heavy atom. The quantitative estimate of drug-likeness (QED) is 0.119. The van der Waals surface area contributed by atoms with Crippen molar-refractivity contribution < 1.29 is 53.1 Å². The van der Waals surface area contributed by atoms with Gasteiger partial charge in [-0.1, -0.05) is 71.0 Å². The lowest BCUT2D eigenvalue weighted by Gasteiger charge is -2.36. The first-order valence-corrected chi connectivity index (χ1v) is 19.4. The zero-order chi connectivity index (χ0) is 41.6. The second-order valence-electron chi connectivity index (χ2n) is 14.6. The lowest BCUT2D eigenvalue weighted by molar-refractivity contribution is -0.154. The highest BCUT2D eigenvalue weighted by Gasteiger charge is 2.60. The van der Waals surface area contributed by atoms with Gasteiger partial charge in [-0.3, -0.25) is 24.5 Å². The third-order valence-corrected chi connectivity index (χ3v) is 12.9. The molecule has 2 fully saturated rings. The molecule has 4 heterocycles. The maximum absolute atomic E-state index is 15.2. The number of aliphatic carboxylic acids is 3. The van der Waals surface area contributed by atoms with Gasteiger partial charge in [0.2, 0.25) is 5.91 Å². The van der Waals surface area contributed by atoms with E-state index in [1.165, 1.54) is 27.7 Å². The fourth-order valence-corrected chi connectivity index (χ4v) is 10.2. The number of thioether (sulfide) groups is 2. The van der Waals surface area contributed by atoms with E-state index < -0.39 is 80.0 Å². The monoisotopic (exact) mass is 820 g/mol. The van der Waals surface area contributed by atoms with Gasteiger partial charge in [-0.15, -0.1) is 23.5 Å². The molecule has 0 saturated carbocycles. The molecule has 2 aromatic carbocycles. The molecule has 2 aliphatic heterocycles. The van der Waals surface area contributed by atoms with Crippen molar-refractivity contribution >= 4 is 59.2 Å². The van der Waals surface area contributed by atoms with E-state index in [1.807, 2.05) is 0 Å². The Kier molecular flexibility index (Phi) is 11.3. The van der Waals surface area contributed by atoms with Crippen LogP contribution in [-0.2, 0) is 19.2 Å². The number of rotatable bonds is 12. The maximum Gasteiger partial charge on any atom is 0.329 e. The summed E-state index contributed by atoms with van der Waals surface area (Å²) < 4.78 is 8.30. The van der Waals surface area contributed by atoms with Crippen LogP contribution in [0.3, 0.4) is 0 Å². The average Bonchev–Trinajstić information content (AvgIpc) is 3.90. The molecule has 4 aromatic rings. The number of aromatic nitrogens is 2. The van der Waals surface area contributed by atoms with E-state index in [2.05, 4.69) is 26.3 Å². The molecule has 57 heavy (non-hydrogen) atoms. The van der Waals surface area contributed by atoms with E-state index >= 15 is 4.79 Å².